The first-order valence-electron chi connectivity index (χ1n) is 9.02. The van der Waals surface area contributed by atoms with Gasteiger partial charge in [0.1, 0.15) is 0 Å². The quantitative estimate of drug-likeness (QED) is 0.639. The van der Waals surface area contributed by atoms with E-state index in [1.165, 1.54) is 37.2 Å². The summed E-state index contributed by atoms with van der Waals surface area (Å²) in [5, 5.41) is 6.66. The highest BCUT2D eigenvalue weighted by Gasteiger charge is 2.12. The summed E-state index contributed by atoms with van der Waals surface area (Å²) in [4.78, 5) is 9.22. The molecule has 0 saturated carbocycles. The first-order chi connectivity index (χ1) is 11.6. The van der Waals surface area contributed by atoms with Crippen LogP contribution in [0, 0.1) is 0 Å². The van der Waals surface area contributed by atoms with Gasteiger partial charge in [0, 0.05) is 39.3 Å². The molecule has 2 rings (SSSR count). The van der Waals surface area contributed by atoms with E-state index in [9.17, 15) is 0 Å². The summed E-state index contributed by atoms with van der Waals surface area (Å²) in [6.45, 7) is 10.8. The molecule has 0 aliphatic carbocycles. The van der Waals surface area contributed by atoms with E-state index in [2.05, 4.69) is 70.6 Å². The Kier molecular flexibility index (Phi) is 7.53. The van der Waals surface area contributed by atoms with Gasteiger partial charge in [0.2, 0.25) is 0 Å². The minimum absolute atomic E-state index is 0.381. The molecule has 1 aromatic carbocycles. The van der Waals surface area contributed by atoms with Crippen molar-refractivity contribution >= 4 is 5.96 Å². The highest BCUT2D eigenvalue weighted by molar-refractivity contribution is 5.79. The van der Waals surface area contributed by atoms with Crippen LogP contribution in [0.5, 0.6) is 0 Å². The van der Waals surface area contributed by atoms with E-state index in [0.29, 0.717) is 6.04 Å². The van der Waals surface area contributed by atoms with Gasteiger partial charge in [-0.1, -0.05) is 24.3 Å². The van der Waals surface area contributed by atoms with Gasteiger partial charge >= 0.3 is 0 Å². The molecule has 2 N–H and O–H groups in total. The van der Waals surface area contributed by atoms with Crippen LogP contribution in [0.25, 0.3) is 0 Å². The van der Waals surface area contributed by atoms with E-state index in [1.54, 1.807) is 7.05 Å². The predicted octanol–water partition coefficient (Wildman–Crippen LogP) is 1.90. The van der Waals surface area contributed by atoms with Crippen LogP contribution in [0.4, 0.5) is 0 Å². The number of likely N-dealkylation sites (N-methyl/N-ethyl adjacent to an activating group) is 1. The topological polar surface area (TPSA) is 42.9 Å². The lowest BCUT2D eigenvalue weighted by Crippen LogP contribution is -2.40. The number of guanidine groups is 1. The molecule has 24 heavy (non-hydrogen) atoms. The molecule has 0 amide bonds. The number of rotatable bonds is 5. The van der Waals surface area contributed by atoms with Crippen LogP contribution in [0.1, 0.15) is 31.4 Å². The van der Waals surface area contributed by atoms with Gasteiger partial charge < -0.3 is 15.5 Å². The number of benzene rings is 1. The van der Waals surface area contributed by atoms with Crippen LogP contribution in [0.2, 0.25) is 0 Å². The van der Waals surface area contributed by atoms with Crippen molar-refractivity contribution in [1.29, 1.82) is 0 Å². The van der Waals surface area contributed by atoms with Crippen molar-refractivity contribution in [2.45, 2.75) is 39.4 Å². The summed E-state index contributed by atoms with van der Waals surface area (Å²) >= 11 is 0. The van der Waals surface area contributed by atoms with Crippen molar-refractivity contribution in [3.63, 3.8) is 0 Å². The van der Waals surface area contributed by atoms with Gasteiger partial charge in [0.05, 0.1) is 0 Å². The molecule has 0 bridgehead atoms. The molecular weight excluding hydrogens is 298 g/mol. The minimum atomic E-state index is 0.381. The maximum absolute atomic E-state index is 4.24. The van der Waals surface area contributed by atoms with Crippen molar-refractivity contribution in [3.8, 4) is 0 Å². The van der Waals surface area contributed by atoms with E-state index in [-0.39, 0.29) is 0 Å². The maximum Gasteiger partial charge on any atom is 0.191 e. The fourth-order valence-electron chi connectivity index (χ4n) is 2.93. The van der Waals surface area contributed by atoms with Gasteiger partial charge in [0.25, 0.3) is 0 Å². The Bertz CT molecular complexity index is 509. The van der Waals surface area contributed by atoms with Crippen LogP contribution in [-0.4, -0.2) is 62.1 Å². The summed E-state index contributed by atoms with van der Waals surface area (Å²) in [6, 6.07) is 9.32. The molecule has 0 radical (unpaired) electrons. The molecule has 1 aliphatic heterocycles. The molecule has 0 aromatic heterocycles. The molecule has 0 atom stereocenters. The molecule has 1 heterocycles. The summed E-state index contributed by atoms with van der Waals surface area (Å²) in [5.74, 6) is 0.850. The summed E-state index contributed by atoms with van der Waals surface area (Å²) in [7, 11) is 4.02. The van der Waals surface area contributed by atoms with Gasteiger partial charge in [-0.3, -0.25) is 9.89 Å². The second-order valence-electron chi connectivity index (χ2n) is 6.97. The van der Waals surface area contributed by atoms with E-state index in [0.717, 1.165) is 25.6 Å². The third-order valence-electron chi connectivity index (χ3n) is 4.35. The standard InChI is InChI=1S/C19H33N5/c1-16(2)22-19(20-3)21-14-17-6-8-18(9-7-17)15-24-11-5-10-23(4)12-13-24/h6-9,16H,5,10-15H2,1-4H3,(H2,20,21,22). The Morgan fingerprint density at radius 2 is 1.79 bits per heavy atom. The number of nitrogens with zero attached hydrogens (tertiary/aromatic N) is 3. The first-order valence-corrected chi connectivity index (χ1v) is 9.02. The van der Waals surface area contributed by atoms with E-state index in [4.69, 9.17) is 0 Å². The zero-order valence-corrected chi connectivity index (χ0v) is 15.7. The number of hydrogen-bond acceptors (Lipinski definition) is 3. The Balaban J connectivity index is 1.82. The first kappa shape index (κ1) is 18.7. The second kappa shape index (κ2) is 9.64. The highest BCUT2D eigenvalue weighted by atomic mass is 15.2. The van der Waals surface area contributed by atoms with Crippen LogP contribution < -0.4 is 10.6 Å². The molecule has 5 heteroatoms. The molecule has 0 unspecified atom stereocenters. The summed E-state index contributed by atoms with van der Waals surface area (Å²) in [6.07, 6.45) is 1.26. The Morgan fingerprint density at radius 1 is 1.08 bits per heavy atom. The Hall–Kier alpha value is -1.59. The largest absolute Gasteiger partial charge is 0.354 e. The molecule has 0 spiro atoms. The molecule has 1 saturated heterocycles. The number of hydrogen-bond donors (Lipinski definition) is 2. The zero-order chi connectivity index (χ0) is 17.4. The predicted molar refractivity (Wildman–Crippen MR) is 102 cm³/mol. The van der Waals surface area contributed by atoms with Gasteiger partial charge in [-0.25, -0.2) is 0 Å². The van der Waals surface area contributed by atoms with E-state index >= 15 is 0 Å². The van der Waals surface area contributed by atoms with Crippen molar-refractivity contribution in [3.05, 3.63) is 35.4 Å². The van der Waals surface area contributed by atoms with Gasteiger partial charge in [0.15, 0.2) is 5.96 Å². The average Bonchev–Trinajstić information content (AvgIpc) is 2.77. The SMILES string of the molecule is CN=C(NCc1ccc(CN2CCCN(C)CC2)cc1)NC(C)C. The lowest BCUT2D eigenvalue weighted by atomic mass is 10.1. The highest BCUT2D eigenvalue weighted by Crippen LogP contribution is 2.10. The van der Waals surface area contributed by atoms with Crippen LogP contribution in [0.15, 0.2) is 29.3 Å². The smallest absolute Gasteiger partial charge is 0.191 e. The lowest BCUT2D eigenvalue weighted by molar-refractivity contribution is 0.269. The number of aliphatic imine (C=N–C) groups is 1. The monoisotopic (exact) mass is 331 g/mol. The molecule has 1 aliphatic rings. The van der Waals surface area contributed by atoms with Crippen molar-refractivity contribution in [1.82, 2.24) is 20.4 Å². The van der Waals surface area contributed by atoms with Crippen LogP contribution >= 0.6 is 0 Å². The third-order valence-corrected chi connectivity index (χ3v) is 4.35. The van der Waals surface area contributed by atoms with Crippen molar-refractivity contribution in [2.75, 3.05) is 40.3 Å². The molecule has 1 aromatic rings. The fraction of sp³-hybridized carbons (Fsp3) is 0.632. The van der Waals surface area contributed by atoms with Gasteiger partial charge in [-0.2, -0.15) is 0 Å². The molecule has 134 valence electrons. The van der Waals surface area contributed by atoms with E-state index < -0.39 is 0 Å². The van der Waals surface area contributed by atoms with Gasteiger partial charge in [-0.15, -0.1) is 0 Å². The van der Waals surface area contributed by atoms with Crippen molar-refractivity contribution in [2.24, 2.45) is 4.99 Å². The fourth-order valence-corrected chi connectivity index (χ4v) is 2.93. The summed E-state index contributed by atoms with van der Waals surface area (Å²) < 4.78 is 0. The maximum atomic E-state index is 4.24. The normalized spacial score (nSPS) is 17.8. The molecule has 1 fully saturated rings. The van der Waals surface area contributed by atoms with Crippen LogP contribution in [-0.2, 0) is 13.1 Å². The molecular formula is C19H33N5. The number of nitrogens with one attached hydrogen (secondary N) is 2. The van der Waals surface area contributed by atoms with Crippen LogP contribution in [0.3, 0.4) is 0 Å². The summed E-state index contributed by atoms with van der Waals surface area (Å²) in [5.41, 5.74) is 2.68. The van der Waals surface area contributed by atoms with E-state index in [1.807, 2.05) is 0 Å². The average molecular weight is 332 g/mol. The second-order valence-corrected chi connectivity index (χ2v) is 6.97. The lowest BCUT2D eigenvalue weighted by Gasteiger charge is -2.20. The minimum Gasteiger partial charge on any atom is -0.354 e. The zero-order valence-electron chi connectivity index (χ0n) is 15.7. The third kappa shape index (κ3) is 6.49. The van der Waals surface area contributed by atoms with Gasteiger partial charge in [-0.05, 0) is 51.5 Å². The van der Waals surface area contributed by atoms with Crippen molar-refractivity contribution < 1.29 is 0 Å². The Labute approximate surface area is 147 Å². The molecule has 5 nitrogen and oxygen atoms in total. The Morgan fingerprint density at radius 3 is 2.46 bits per heavy atom.